The Kier molecular flexibility index (Phi) is 5.41. The zero-order valence-corrected chi connectivity index (χ0v) is 24.1. The third kappa shape index (κ3) is 3.89. The van der Waals surface area contributed by atoms with Gasteiger partial charge in [0, 0.05) is 18.3 Å². The second-order valence-electron chi connectivity index (χ2n) is 7.43. The van der Waals surface area contributed by atoms with Crippen molar-refractivity contribution in [2.24, 2.45) is 0 Å². The van der Waals surface area contributed by atoms with Crippen LogP contribution in [0.1, 0.15) is 0 Å². The van der Waals surface area contributed by atoms with Gasteiger partial charge in [0.25, 0.3) is 0 Å². The van der Waals surface area contributed by atoms with Crippen LogP contribution in [-0.4, -0.2) is 39.6 Å². The number of halogens is 2. The quantitative estimate of drug-likeness (QED) is 0.189. The van der Waals surface area contributed by atoms with Gasteiger partial charge < -0.3 is 0 Å². The second kappa shape index (κ2) is 8.65. The van der Waals surface area contributed by atoms with Crippen molar-refractivity contribution in [1.82, 2.24) is 39.6 Å². The van der Waals surface area contributed by atoms with Gasteiger partial charge in [0.15, 0.2) is 21.7 Å². The maximum absolute atomic E-state index is 4.82. The zero-order chi connectivity index (χ0) is 23.5. The third-order valence-corrected chi connectivity index (χ3v) is 9.74. The van der Waals surface area contributed by atoms with Crippen molar-refractivity contribution < 1.29 is 0 Å². The van der Waals surface area contributed by atoms with E-state index in [0.717, 1.165) is 59.6 Å². The van der Waals surface area contributed by atoms with Crippen molar-refractivity contribution in [3.8, 4) is 42.5 Å². The predicted molar refractivity (Wildman–Crippen MR) is 156 cm³/mol. The highest BCUT2D eigenvalue weighted by Crippen LogP contribution is 2.38. The summed E-state index contributed by atoms with van der Waals surface area (Å²) in [6, 6.07) is 20.5. The smallest absolute Gasteiger partial charge is 0.182 e. The molecule has 0 unspecified atom stereocenters. The van der Waals surface area contributed by atoms with Gasteiger partial charge in [-0.25, -0.2) is 0 Å². The van der Waals surface area contributed by atoms with Crippen LogP contribution in [0.2, 0.25) is 0 Å². The van der Waals surface area contributed by atoms with Crippen molar-refractivity contribution in [2.75, 3.05) is 0 Å². The molecule has 0 N–H and O–H groups in total. The van der Waals surface area contributed by atoms with Crippen LogP contribution in [0.5, 0.6) is 0 Å². The first kappa shape index (κ1) is 21.9. The van der Waals surface area contributed by atoms with E-state index in [1.54, 1.807) is 11.3 Å². The lowest BCUT2D eigenvalue weighted by Gasteiger charge is -1.97. The molecule has 0 atom stereocenters. The van der Waals surface area contributed by atoms with E-state index in [-0.39, 0.29) is 0 Å². The number of hydrogen-bond donors (Lipinski definition) is 0. The summed E-state index contributed by atoms with van der Waals surface area (Å²) >= 11 is 9.31. The molecular weight excluding hydrogens is 726 g/mol. The SMILES string of the molecule is Ic1cccc(-c2nnc3sc(-c4ccc(-c5nn6c(-c7cccc(I)c7)nnc6s5)s4)nn23)c1. The predicted octanol–water partition coefficient (Wildman–Crippen LogP) is 6.62. The molecule has 7 rings (SSSR count). The highest BCUT2D eigenvalue weighted by atomic mass is 127. The molecule has 0 radical (unpaired) electrons. The van der Waals surface area contributed by atoms with Crippen molar-refractivity contribution in [2.45, 2.75) is 0 Å². The fraction of sp³-hybridized carbons (Fsp3) is 0. The highest BCUT2D eigenvalue weighted by Gasteiger charge is 2.19. The Labute approximate surface area is 237 Å². The van der Waals surface area contributed by atoms with Crippen LogP contribution >= 0.6 is 79.2 Å². The zero-order valence-electron chi connectivity index (χ0n) is 17.3. The summed E-state index contributed by atoms with van der Waals surface area (Å²) in [5, 5.41) is 28.8. The Bertz CT molecular complexity index is 1730. The molecule has 170 valence electrons. The molecule has 0 amide bonds. The fourth-order valence-electron chi connectivity index (χ4n) is 3.62. The van der Waals surface area contributed by atoms with Gasteiger partial charge in [-0.2, -0.15) is 19.2 Å². The molecule has 7 aromatic rings. The fourth-order valence-corrected chi connectivity index (χ4v) is 7.49. The average Bonchev–Trinajstić information content (AvgIpc) is 3.64. The summed E-state index contributed by atoms with van der Waals surface area (Å²) in [5.74, 6) is 1.49. The number of rotatable bonds is 4. The lowest BCUT2D eigenvalue weighted by molar-refractivity contribution is 0.972. The minimum Gasteiger partial charge on any atom is -0.182 e. The van der Waals surface area contributed by atoms with Crippen molar-refractivity contribution in [1.29, 1.82) is 0 Å². The first-order valence-electron chi connectivity index (χ1n) is 10.2. The Morgan fingerprint density at radius 3 is 1.51 bits per heavy atom. The summed E-state index contributed by atoms with van der Waals surface area (Å²) in [4.78, 5) is 3.66. The molecule has 2 aromatic carbocycles. The van der Waals surface area contributed by atoms with Gasteiger partial charge in [-0.3, -0.25) is 0 Å². The molecule has 13 heteroatoms. The number of benzene rings is 2. The normalized spacial score (nSPS) is 11.7. The van der Waals surface area contributed by atoms with Gasteiger partial charge in [0.05, 0.1) is 9.75 Å². The van der Waals surface area contributed by atoms with Crippen molar-refractivity contribution >= 4 is 89.1 Å². The molecule has 0 fully saturated rings. The summed E-state index contributed by atoms with van der Waals surface area (Å²) < 4.78 is 5.93. The van der Waals surface area contributed by atoms with Crippen LogP contribution in [0.3, 0.4) is 0 Å². The van der Waals surface area contributed by atoms with E-state index < -0.39 is 0 Å². The second-order valence-corrected chi connectivity index (χ2v) is 12.9. The van der Waals surface area contributed by atoms with E-state index in [0.29, 0.717) is 0 Å². The van der Waals surface area contributed by atoms with Crippen LogP contribution < -0.4 is 0 Å². The topological polar surface area (TPSA) is 86.2 Å². The lowest BCUT2D eigenvalue weighted by atomic mass is 10.2. The highest BCUT2D eigenvalue weighted by molar-refractivity contribution is 14.1. The standard InChI is InChI=1S/C22H10I2N8S3/c23-13-5-1-3-11(9-13)17-25-27-21-31(17)29-19(34-21)15-7-8-16(33-15)20-30-32-18(26-28-22(32)35-20)12-4-2-6-14(24)10-12/h1-10H. The number of hydrogen-bond acceptors (Lipinski definition) is 9. The number of aromatic nitrogens is 8. The maximum atomic E-state index is 4.82. The van der Waals surface area contributed by atoms with Crippen LogP contribution in [0.4, 0.5) is 0 Å². The minimum absolute atomic E-state index is 0.745. The molecule has 0 saturated carbocycles. The van der Waals surface area contributed by atoms with Gasteiger partial charge in [0.2, 0.25) is 9.92 Å². The van der Waals surface area contributed by atoms with Gasteiger partial charge in [-0.1, -0.05) is 46.9 Å². The van der Waals surface area contributed by atoms with E-state index in [9.17, 15) is 0 Å². The molecule has 0 spiro atoms. The molecule has 0 bridgehead atoms. The first-order valence-corrected chi connectivity index (χ1v) is 14.8. The molecule has 35 heavy (non-hydrogen) atoms. The molecule has 5 heterocycles. The molecular formula is C22H10I2N8S3. The van der Waals surface area contributed by atoms with E-state index in [4.69, 9.17) is 10.2 Å². The van der Waals surface area contributed by atoms with Gasteiger partial charge in [-0.05, 0) is 81.6 Å². The number of fused-ring (bicyclic) bond motifs is 2. The van der Waals surface area contributed by atoms with Gasteiger partial charge in [0.1, 0.15) is 0 Å². The molecule has 0 saturated heterocycles. The monoisotopic (exact) mass is 736 g/mol. The Morgan fingerprint density at radius 1 is 0.571 bits per heavy atom. The largest absolute Gasteiger partial charge is 0.235 e. The molecule has 0 aliphatic heterocycles. The van der Waals surface area contributed by atoms with E-state index in [1.165, 1.54) is 22.7 Å². The van der Waals surface area contributed by atoms with Crippen molar-refractivity contribution in [3.05, 3.63) is 67.8 Å². The third-order valence-electron chi connectivity index (χ3n) is 5.17. The van der Waals surface area contributed by atoms with Gasteiger partial charge in [-0.15, -0.1) is 31.7 Å². The summed E-state index contributed by atoms with van der Waals surface area (Å²) in [5.41, 5.74) is 1.99. The minimum atomic E-state index is 0.745. The van der Waals surface area contributed by atoms with Crippen LogP contribution in [0, 0.1) is 7.14 Å². The van der Waals surface area contributed by atoms with E-state index >= 15 is 0 Å². The Hall–Kier alpha value is -2.34. The maximum Gasteiger partial charge on any atom is 0.235 e. The molecule has 5 aromatic heterocycles. The van der Waals surface area contributed by atoms with Crippen LogP contribution in [-0.2, 0) is 0 Å². The Balaban J connectivity index is 1.24. The molecule has 0 aliphatic carbocycles. The number of thiophene rings is 1. The first-order chi connectivity index (χ1) is 17.1. The van der Waals surface area contributed by atoms with Crippen LogP contribution in [0.15, 0.2) is 60.7 Å². The molecule has 0 aliphatic rings. The van der Waals surface area contributed by atoms with E-state index in [1.807, 2.05) is 33.3 Å². The van der Waals surface area contributed by atoms with Crippen LogP contribution in [0.25, 0.3) is 52.5 Å². The number of nitrogens with zero attached hydrogens (tertiary/aromatic N) is 8. The lowest BCUT2D eigenvalue weighted by Crippen LogP contribution is -1.91. The summed E-state index contributed by atoms with van der Waals surface area (Å²) in [6.45, 7) is 0. The summed E-state index contributed by atoms with van der Waals surface area (Å²) in [7, 11) is 0. The molecule has 8 nitrogen and oxygen atoms in total. The summed E-state index contributed by atoms with van der Waals surface area (Å²) in [6.07, 6.45) is 0. The Morgan fingerprint density at radius 2 is 1.06 bits per heavy atom. The van der Waals surface area contributed by atoms with Crippen molar-refractivity contribution in [3.63, 3.8) is 0 Å². The average molecular weight is 736 g/mol. The van der Waals surface area contributed by atoms with E-state index in [2.05, 4.69) is 102 Å². The van der Waals surface area contributed by atoms with Gasteiger partial charge >= 0.3 is 0 Å².